The molecule has 1 fully saturated rings. The lowest BCUT2D eigenvalue weighted by Crippen LogP contribution is -1.90. The van der Waals surface area contributed by atoms with Gasteiger partial charge in [0, 0.05) is 5.92 Å². The molecule has 2 nitrogen and oxygen atoms in total. The van der Waals surface area contributed by atoms with Crippen molar-refractivity contribution in [1.29, 1.82) is 0 Å². The van der Waals surface area contributed by atoms with Crippen LogP contribution < -0.4 is 0 Å². The van der Waals surface area contributed by atoms with Gasteiger partial charge in [-0.1, -0.05) is 0 Å². The first-order valence-electron chi connectivity index (χ1n) is 2.42. The van der Waals surface area contributed by atoms with Crippen molar-refractivity contribution >= 4 is 22.0 Å². The van der Waals surface area contributed by atoms with Gasteiger partial charge in [0.25, 0.3) is 0 Å². The van der Waals surface area contributed by atoms with Gasteiger partial charge in [0.15, 0.2) is 5.84 Å². The smallest absolute Gasteiger partial charge is 0.162 e. The highest BCUT2D eigenvalue weighted by atomic mass is 79.9. The molecule has 38 valence electrons. The van der Waals surface area contributed by atoms with E-state index in [9.17, 15) is 0 Å². The maximum absolute atomic E-state index is 3.98. The molecule has 0 N–H and O–H groups in total. The molecule has 3 heteroatoms. The Morgan fingerprint density at radius 1 is 1.71 bits per heavy atom. The van der Waals surface area contributed by atoms with Gasteiger partial charge in [0.2, 0.25) is 0 Å². The van der Waals surface area contributed by atoms with Crippen molar-refractivity contribution in [3.63, 3.8) is 0 Å². The van der Waals surface area contributed by atoms with Crippen molar-refractivity contribution in [1.82, 2.24) is 4.03 Å². The fourth-order valence-corrected chi connectivity index (χ4v) is 1.09. The summed E-state index contributed by atoms with van der Waals surface area (Å²) >= 11 is 3.22. The van der Waals surface area contributed by atoms with E-state index in [0.29, 0.717) is 0 Å². The van der Waals surface area contributed by atoms with Gasteiger partial charge in [-0.2, -0.15) is 4.03 Å². The van der Waals surface area contributed by atoms with Crippen LogP contribution >= 0.6 is 16.1 Å². The minimum Gasteiger partial charge on any atom is -0.179 e. The molecule has 0 amide bonds. The quantitative estimate of drug-likeness (QED) is 0.529. The van der Waals surface area contributed by atoms with Crippen molar-refractivity contribution < 1.29 is 0 Å². The molecular weight excluding hydrogens is 156 g/mol. The molecule has 0 aromatic heterocycles. The Kier molecular flexibility index (Phi) is 0.568. The lowest BCUT2D eigenvalue weighted by atomic mass is 10.4. The molecule has 2 rings (SSSR count). The molecule has 0 spiro atoms. The standard InChI is InChI=1S/C4H5BrN2/c5-7-4(6-7)3-1-2-3/h3H,1-2H2. The van der Waals surface area contributed by atoms with Crippen LogP contribution in [0.25, 0.3) is 0 Å². The Balaban J connectivity index is 1.99. The second kappa shape index (κ2) is 1.02. The van der Waals surface area contributed by atoms with E-state index in [1.807, 2.05) is 0 Å². The molecule has 7 heavy (non-hydrogen) atoms. The molecule has 1 saturated carbocycles. The number of nitrogens with zero attached hydrogens (tertiary/aromatic N) is 2. The van der Waals surface area contributed by atoms with Crippen LogP contribution in [-0.4, -0.2) is 9.87 Å². The Morgan fingerprint density at radius 3 is 2.43 bits per heavy atom. The lowest BCUT2D eigenvalue weighted by molar-refractivity contribution is 0.929. The topological polar surface area (TPSA) is 15.4 Å². The summed E-state index contributed by atoms with van der Waals surface area (Å²) in [4.78, 5) is 0. The SMILES string of the molecule is BrN1N=C1C1CC1. The fourth-order valence-electron chi connectivity index (χ4n) is 0.641. The summed E-state index contributed by atoms with van der Waals surface area (Å²) < 4.78 is 1.78. The average molecular weight is 161 g/mol. The van der Waals surface area contributed by atoms with E-state index < -0.39 is 0 Å². The Morgan fingerprint density at radius 2 is 2.29 bits per heavy atom. The second-order valence-corrected chi connectivity index (χ2v) is 2.66. The summed E-state index contributed by atoms with van der Waals surface area (Å²) in [5, 5.41) is 3.98. The minimum atomic E-state index is 0.819. The monoisotopic (exact) mass is 160 g/mol. The van der Waals surface area contributed by atoms with Gasteiger partial charge in [-0.25, -0.2) is 0 Å². The van der Waals surface area contributed by atoms with Crippen LogP contribution in [0.3, 0.4) is 0 Å². The molecule has 1 heterocycles. The van der Waals surface area contributed by atoms with Crippen molar-refractivity contribution in [3.05, 3.63) is 0 Å². The number of hydrazone groups is 1. The Bertz CT molecular complexity index is 128. The number of amidine groups is 1. The van der Waals surface area contributed by atoms with Crippen LogP contribution in [0.2, 0.25) is 0 Å². The first-order valence-corrected chi connectivity index (χ1v) is 3.13. The molecule has 0 aromatic rings. The van der Waals surface area contributed by atoms with Gasteiger partial charge >= 0.3 is 0 Å². The predicted molar refractivity (Wildman–Crippen MR) is 30.9 cm³/mol. The molecule has 0 unspecified atom stereocenters. The van der Waals surface area contributed by atoms with E-state index >= 15 is 0 Å². The molecule has 1 aliphatic heterocycles. The number of halogens is 1. The van der Waals surface area contributed by atoms with Crippen LogP contribution in [0, 0.1) is 5.92 Å². The van der Waals surface area contributed by atoms with E-state index in [0.717, 1.165) is 5.92 Å². The fraction of sp³-hybridized carbons (Fsp3) is 0.750. The van der Waals surface area contributed by atoms with Gasteiger partial charge in [-0.05, 0) is 12.8 Å². The number of hydrogen-bond acceptors (Lipinski definition) is 2. The zero-order chi connectivity index (χ0) is 4.85. The van der Waals surface area contributed by atoms with Crippen molar-refractivity contribution in [2.24, 2.45) is 11.0 Å². The normalized spacial score (nSPS) is 27.6. The van der Waals surface area contributed by atoms with E-state index in [1.54, 1.807) is 4.03 Å². The zero-order valence-electron chi connectivity index (χ0n) is 3.76. The summed E-state index contributed by atoms with van der Waals surface area (Å²) in [5.41, 5.74) is 0. The molecule has 0 aromatic carbocycles. The average Bonchev–Trinajstić information content (AvgIpc) is 2.23. The molecule has 1 aliphatic carbocycles. The summed E-state index contributed by atoms with van der Waals surface area (Å²) in [7, 11) is 0. The lowest BCUT2D eigenvalue weighted by Gasteiger charge is -1.78. The summed E-state index contributed by atoms with van der Waals surface area (Å²) in [6.07, 6.45) is 2.70. The van der Waals surface area contributed by atoms with Crippen LogP contribution in [0.5, 0.6) is 0 Å². The summed E-state index contributed by atoms with van der Waals surface area (Å²) in [6.45, 7) is 0. The van der Waals surface area contributed by atoms with Gasteiger partial charge in [0.1, 0.15) is 0 Å². The number of rotatable bonds is 1. The Hall–Kier alpha value is -0.0500. The summed E-state index contributed by atoms with van der Waals surface area (Å²) in [6, 6.07) is 0. The third kappa shape index (κ3) is 0.554. The predicted octanol–water partition coefficient (Wildman–Crippen LogP) is 1.34. The highest BCUT2D eigenvalue weighted by Crippen LogP contribution is 2.38. The van der Waals surface area contributed by atoms with E-state index in [2.05, 4.69) is 21.2 Å². The highest BCUT2D eigenvalue weighted by Gasteiger charge is 2.38. The number of hydrogen-bond donors (Lipinski definition) is 0. The third-order valence-corrected chi connectivity index (χ3v) is 1.80. The van der Waals surface area contributed by atoms with E-state index in [-0.39, 0.29) is 0 Å². The van der Waals surface area contributed by atoms with Crippen LogP contribution in [0.1, 0.15) is 12.8 Å². The maximum atomic E-state index is 3.98. The molecule has 2 aliphatic rings. The summed E-state index contributed by atoms with van der Waals surface area (Å²) in [5.74, 6) is 2.07. The van der Waals surface area contributed by atoms with Gasteiger partial charge in [-0.3, -0.25) is 0 Å². The second-order valence-electron chi connectivity index (χ2n) is 1.99. The maximum Gasteiger partial charge on any atom is 0.162 e. The van der Waals surface area contributed by atoms with Gasteiger partial charge in [-0.15, -0.1) is 5.10 Å². The molecule has 0 atom stereocenters. The minimum absolute atomic E-state index is 0.819. The first kappa shape index (κ1) is 3.89. The van der Waals surface area contributed by atoms with E-state index in [4.69, 9.17) is 0 Å². The van der Waals surface area contributed by atoms with Gasteiger partial charge in [0.05, 0.1) is 16.1 Å². The van der Waals surface area contributed by atoms with Crippen LogP contribution in [0.4, 0.5) is 0 Å². The van der Waals surface area contributed by atoms with Crippen molar-refractivity contribution in [2.75, 3.05) is 0 Å². The molecule has 0 radical (unpaired) electrons. The van der Waals surface area contributed by atoms with Gasteiger partial charge < -0.3 is 0 Å². The largest absolute Gasteiger partial charge is 0.179 e. The van der Waals surface area contributed by atoms with Crippen LogP contribution in [-0.2, 0) is 0 Å². The zero-order valence-corrected chi connectivity index (χ0v) is 5.35. The highest BCUT2D eigenvalue weighted by molar-refractivity contribution is 9.07. The van der Waals surface area contributed by atoms with E-state index in [1.165, 1.54) is 18.7 Å². The molecular formula is C4H5BrN2. The third-order valence-electron chi connectivity index (χ3n) is 1.28. The molecule has 0 bridgehead atoms. The van der Waals surface area contributed by atoms with Crippen molar-refractivity contribution in [3.8, 4) is 0 Å². The molecule has 0 saturated heterocycles. The first-order chi connectivity index (χ1) is 3.38. The van der Waals surface area contributed by atoms with Crippen LogP contribution in [0.15, 0.2) is 5.10 Å². The van der Waals surface area contributed by atoms with Crippen molar-refractivity contribution in [2.45, 2.75) is 12.8 Å². The Labute approximate surface area is 50.5 Å².